The van der Waals surface area contributed by atoms with E-state index in [-0.39, 0.29) is 5.91 Å². The molecule has 1 aromatic rings. The third kappa shape index (κ3) is 5.05. The van der Waals surface area contributed by atoms with Gasteiger partial charge in [0.2, 0.25) is 0 Å². The number of anilines is 2. The molecule has 3 N–H and O–H groups in total. The fourth-order valence-electron chi connectivity index (χ4n) is 1.84. The van der Waals surface area contributed by atoms with E-state index < -0.39 is 0 Å². The lowest BCUT2D eigenvalue weighted by atomic mass is 10.1. The van der Waals surface area contributed by atoms with Crippen LogP contribution in [-0.4, -0.2) is 11.6 Å². The maximum Gasteiger partial charge on any atom is 0.255 e. The molecule has 1 amide bonds. The van der Waals surface area contributed by atoms with Crippen LogP contribution < -0.4 is 11.1 Å². The van der Waals surface area contributed by atoms with Gasteiger partial charge < -0.3 is 11.1 Å². The molecular formula is C18H23N3O. The molecule has 0 aliphatic heterocycles. The number of allylic oxidation sites excluding steroid dienone is 2. The fraction of sp³-hybridized carbons (Fsp3) is 0.222. The highest BCUT2D eigenvalue weighted by atomic mass is 16.1. The molecule has 0 heterocycles. The molecule has 0 fully saturated rings. The number of para-hydroxylation sites is 2. The second kappa shape index (κ2) is 7.98. The molecule has 116 valence electrons. The number of hydrogen-bond donors (Lipinski definition) is 2. The Hall–Kier alpha value is -2.62. The Balaban J connectivity index is 2.88. The third-order valence-electron chi connectivity index (χ3n) is 2.91. The highest BCUT2D eigenvalue weighted by Gasteiger charge is 2.08. The summed E-state index contributed by atoms with van der Waals surface area (Å²) >= 11 is 0. The molecule has 0 aliphatic rings. The molecule has 0 bridgehead atoms. The zero-order valence-corrected chi connectivity index (χ0v) is 13.6. The highest BCUT2D eigenvalue weighted by Crippen LogP contribution is 2.19. The van der Waals surface area contributed by atoms with Crippen molar-refractivity contribution in [1.29, 1.82) is 0 Å². The predicted octanol–water partition coefficient (Wildman–Crippen LogP) is 4.09. The molecular weight excluding hydrogens is 274 g/mol. The second-order valence-electron chi connectivity index (χ2n) is 5.13. The van der Waals surface area contributed by atoms with Crippen molar-refractivity contribution >= 4 is 23.0 Å². The number of benzene rings is 1. The van der Waals surface area contributed by atoms with Crippen LogP contribution in [0.4, 0.5) is 11.4 Å². The van der Waals surface area contributed by atoms with Crippen molar-refractivity contribution in [3.63, 3.8) is 0 Å². The average Bonchev–Trinajstić information content (AvgIpc) is 2.46. The summed E-state index contributed by atoms with van der Waals surface area (Å²) in [4.78, 5) is 16.6. The van der Waals surface area contributed by atoms with Crippen LogP contribution in [0, 0.1) is 0 Å². The van der Waals surface area contributed by atoms with Gasteiger partial charge in [-0.2, -0.15) is 0 Å². The lowest BCUT2D eigenvalue weighted by Crippen LogP contribution is -2.14. The largest absolute Gasteiger partial charge is 0.397 e. The van der Waals surface area contributed by atoms with E-state index in [0.717, 1.165) is 17.0 Å². The van der Waals surface area contributed by atoms with Crippen LogP contribution in [0.1, 0.15) is 27.7 Å². The van der Waals surface area contributed by atoms with Crippen LogP contribution in [0.3, 0.4) is 0 Å². The van der Waals surface area contributed by atoms with Crippen molar-refractivity contribution in [1.82, 2.24) is 0 Å². The van der Waals surface area contributed by atoms with E-state index in [1.165, 1.54) is 0 Å². The topological polar surface area (TPSA) is 67.5 Å². The number of hydrogen-bond acceptors (Lipinski definition) is 3. The number of nitrogen functional groups attached to an aromatic ring is 1. The van der Waals surface area contributed by atoms with Crippen LogP contribution >= 0.6 is 0 Å². The van der Waals surface area contributed by atoms with Crippen molar-refractivity contribution in [3.05, 3.63) is 59.8 Å². The summed E-state index contributed by atoms with van der Waals surface area (Å²) in [7, 11) is 0. The van der Waals surface area contributed by atoms with Crippen molar-refractivity contribution in [2.75, 3.05) is 11.1 Å². The smallest absolute Gasteiger partial charge is 0.255 e. The van der Waals surface area contributed by atoms with E-state index in [9.17, 15) is 4.79 Å². The summed E-state index contributed by atoms with van der Waals surface area (Å²) in [6.45, 7) is 11.5. The Morgan fingerprint density at radius 1 is 1.27 bits per heavy atom. The van der Waals surface area contributed by atoms with E-state index in [2.05, 4.69) is 16.9 Å². The molecule has 0 aliphatic carbocycles. The van der Waals surface area contributed by atoms with Gasteiger partial charge in [0, 0.05) is 11.3 Å². The van der Waals surface area contributed by atoms with Gasteiger partial charge in [-0.3, -0.25) is 9.79 Å². The number of carbonyl (C=O) groups excluding carboxylic acids is 1. The Bertz CT molecular complexity index is 663. The number of nitrogens with zero attached hydrogens (tertiary/aromatic N) is 1. The first kappa shape index (κ1) is 17.4. The van der Waals surface area contributed by atoms with Crippen molar-refractivity contribution in [3.8, 4) is 0 Å². The molecule has 0 saturated carbocycles. The van der Waals surface area contributed by atoms with Gasteiger partial charge >= 0.3 is 0 Å². The third-order valence-corrected chi connectivity index (χ3v) is 2.91. The zero-order chi connectivity index (χ0) is 16.7. The van der Waals surface area contributed by atoms with Crippen molar-refractivity contribution < 1.29 is 4.79 Å². The van der Waals surface area contributed by atoms with Crippen LogP contribution in [0.15, 0.2) is 64.8 Å². The van der Waals surface area contributed by atoms with Gasteiger partial charge in [0.15, 0.2) is 0 Å². The quantitative estimate of drug-likeness (QED) is 0.372. The lowest BCUT2D eigenvalue weighted by Gasteiger charge is -2.09. The normalized spacial score (nSPS) is 11.8. The standard InChI is InChI=1S/C18H23N3O/c1-6-16(20-12(2)3)13(4)11-14(5)18(22)21-17-10-8-7-9-15(17)19/h6-11H,5,19H2,1-4H3,(H,21,22)/b13-11+,16-6-. The van der Waals surface area contributed by atoms with E-state index in [0.29, 0.717) is 16.9 Å². The van der Waals surface area contributed by atoms with E-state index in [1.807, 2.05) is 45.9 Å². The summed E-state index contributed by atoms with van der Waals surface area (Å²) in [6, 6.07) is 7.11. The highest BCUT2D eigenvalue weighted by molar-refractivity contribution is 6.06. The fourth-order valence-corrected chi connectivity index (χ4v) is 1.84. The minimum Gasteiger partial charge on any atom is -0.397 e. The Morgan fingerprint density at radius 2 is 1.91 bits per heavy atom. The van der Waals surface area contributed by atoms with Crippen molar-refractivity contribution in [2.45, 2.75) is 27.7 Å². The molecule has 0 radical (unpaired) electrons. The molecule has 22 heavy (non-hydrogen) atoms. The van der Waals surface area contributed by atoms with Crippen LogP contribution in [0.5, 0.6) is 0 Å². The molecule has 0 aromatic heterocycles. The molecule has 4 nitrogen and oxygen atoms in total. The minimum absolute atomic E-state index is 0.287. The molecule has 0 spiro atoms. The summed E-state index contributed by atoms with van der Waals surface area (Å²) in [6.07, 6.45) is 3.62. The maximum atomic E-state index is 12.2. The Morgan fingerprint density at radius 3 is 2.45 bits per heavy atom. The first-order chi connectivity index (χ1) is 10.3. The predicted molar refractivity (Wildman–Crippen MR) is 94.9 cm³/mol. The van der Waals surface area contributed by atoms with Crippen LogP contribution in [0.25, 0.3) is 0 Å². The van der Waals surface area contributed by atoms with Gasteiger partial charge in [0.1, 0.15) is 0 Å². The SMILES string of the molecule is C=C(/C=C(C)/C(=C/C)N=C(C)C)C(=O)Nc1ccccc1N. The average molecular weight is 297 g/mol. The van der Waals surface area contributed by atoms with Crippen LogP contribution in [-0.2, 0) is 4.79 Å². The number of rotatable bonds is 5. The number of aliphatic imine (C=N–C) groups is 1. The Kier molecular flexibility index (Phi) is 6.32. The van der Waals surface area contributed by atoms with Gasteiger partial charge in [-0.15, -0.1) is 0 Å². The molecule has 0 atom stereocenters. The summed E-state index contributed by atoms with van der Waals surface area (Å²) < 4.78 is 0. The van der Waals surface area contributed by atoms with Gasteiger partial charge in [0.25, 0.3) is 5.91 Å². The molecule has 4 heteroatoms. The number of carbonyl (C=O) groups is 1. The van der Waals surface area contributed by atoms with Gasteiger partial charge in [-0.25, -0.2) is 0 Å². The first-order valence-electron chi connectivity index (χ1n) is 7.06. The molecule has 1 rings (SSSR count). The van der Waals surface area contributed by atoms with Crippen LogP contribution in [0.2, 0.25) is 0 Å². The van der Waals surface area contributed by atoms with Gasteiger partial charge in [-0.05, 0) is 51.5 Å². The number of nitrogens with two attached hydrogens (primary N) is 1. The van der Waals surface area contributed by atoms with E-state index in [1.54, 1.807) is 18.2 Å². The van der Waals surface area contributed by atoms with E-state index >= 15 is 0 Å². The van der Waals surface area contributed by atoms with Gasteiger partial charge in [-0.1, -0.05) is 24.8 Å². The monoisotopic (exact) mass is 297 g/mol. The Labute approximate surface area is 132 Å². The minimum atomic E-state index is -0.287. The molecule has 0 saturated heterocycles. The van der Waals surface area contributed by atoms with E-state index in [4.69, 9.17) is 5.73 Å². The van der Waals surface area contributed by atoms with Crippen molar-refractivity contribution in [2.24, 2.45) is 4.99 Å². The summed E-state index contributed by atoms with van der Waals surface area (Å²) in [5.74, 6) is -0.287. The molecule has 0 unspecified atom stereocenters. The maximum absolute atomic E-state index is 12.2. The zero-order valence-electron chi connectivity index (χ0n) is 13.6. The molecule has 1 aromatic carbocycles. The summed E-state index contributed by atoms with van der Waals surface area (Å²) in [5, 5.41) is 2.75. The van der Waals surface area contributed by atoms with Gasteiger partial charge in [0.05, 0.1) is 17.1 Å². The summed E-state index contributed by atoms with van der Waals surface area (Å²) in [5.41, 5.74) is 9.91. The number of amides is 1. The lowest BCUT2D eigenvalue weighted by molar-refractivity contribution is -0.112. The second-order valence-corrected chi connectivity index (χ2v) is 5.13. The number of nitrogens with one attached hydrogen (secondary N) is 1. The first-order valence-corrected chi connectivity index (χ1v) is 7.06.